The van der Waals surface area contributed by atoms with E-state index in [0.717, 1.165) is 0 Å². The van der Waals surface area contributed by atoms with E-state index in [9.17, 15) is 13.2 Å². The fourth-order valence-electron chi connectivity index (χ4n) is 1.28. The van der Waals surface area contributed by atoms with E-state index in [1.54, 1.807) is 0 Å². The van der Waals surface area contributed by atoms with Gasteiger partial charge in [-0.15, -0.1) is 0 Å². The fourth-order valence-corrected chi connectivity index (χ4v) is 2.43. The van der Waals surface area contributed by atoms with Gasteiger partial charge in [-0.25, -0.2) is 4.79 Å². The molecule has 17 heavy (non-hydrogen) atoms. The molecule has 1 aliphatic heterocycles. The molecule has 1 heterocycles. The molecule has 0 aliphatic carbocycles. The molecule has 0 aromatic carbocycles. The number of ether oxygens (including phenoxy) is 2. The number of hydrogen-bond donors (Lipinski definition) is 2. The Bertz CT molecular complexity index is 338. The molecule has 0 aromatic rings. The maximum atomic E-state index is 11.7. The maximum Gasteiger partial charge on any atom is 0.329 e. The Morgan fingerprint density at radius 2 is 2.06 bits per heavy atom. The highest BCUT2D eigenvalue weighted by Crippen LogP contribution is 2.02. The summed E-state index contributed by atoms with van der Waals surface area (Å²) >= 11 is 0. The minimum Gasteiger partial charge on any atom is -0.480 e. The van der Waals surface area contributed by atoms with Crippen LogP contribution in [0.4, 0.5) is 0 Å². The van der Waals surface area contributed by atoms with Crippen molar-refractivity contribution in [1.29, 1.82) is 0 Å². The molecule has 9 heteroatoms. The summed E-state index contributed by atoms with van der Waals surface area (Å²) in [6.07, 6.45) is 0. The number of carboxylic acids is 1. The van der Waals surface area contributed by atoms with Gasteiger partial charge in [0.25, 0.3) is 10.2 Å². The first-order chi connectivity index (χ1) is 8.02. The molecular formula is C8H16N2O6S. The van der Waals surface area contributed by atoms with Crippen molar-refractivity contribution in [2.24, 2.45) is 0 Å². The molecule has 0 radical (unpaired) electrons. The SMILES string of the molecule is O=C(O)COCCNS(=O)(=O)N1CCOCC1. The van der Waals surface area contributed by atoms with Gasteiger partial charge in [-0.1, -0.05) is 0 Å². The van der Waals surface area contributed by atoms with Crippen molar-refractivity contribution in [3.05, 3.63) is 0 Å². The van der Waals surface area contributed by atoms with Crippen molar-refractivity contribution in [1.82, 2.24) is 9.03 Å². The van der Waals surface area contributed by atoms with Gasteiger partial charge in [-0.05, 0) is 0 Å². The lowest BCUT2D eigenvalue weighted by atomic mass is 10.5. The number of rotatable bonds is 7. The third-order valence-electron chi connectivity index (χ3n) is 2.07. The van der Waals surface area contributed by atoms with Gasteiger partial charge in [-0.3, -0.25) is 0 Å². The van der Waals surface area contributed by atoms with Crippen LogP contribution in [0.15, 0.2) is 0 Å². The van der Waals surface area contributed by atoms with Crippen LogP contribution in [0.3, 0.4) is 0 Å². The fraction of sp³-hybridized carbons (Fsp3) is 0.875. The van der Waals surface area contributed by atoms with Gasteiger partial charge < -0.3 is 14.6 Å². The van der Waals surface area contributed by atoms with Crippen LogP contribution in [-0.2, 0) is 24.5 Å². The smallest absolute Gasteiger partial charge is 0.329 e. The van der Waals surface area contributed by atoms with E-state index in [-0.39, 0.29) is 13.2 Å². The molecular weight excluding hydrogens is 252 g/mol. The highest BCUT2D eigenvalue weighted by Gasteiger charge is 2.23. The van der Waals surface area contributed by atoms with E-state index >= 15 is 0 Å². The van der Waals surface area contributed by atoms with Gasteiger partial charge in [0.05, 0.1) is 19.8 Å². The lowest BCUT2D eigenvalue weighted by Gasteiger charge is -2.25. The molecule has 1 rings (SSSR count). The predicted molar refractivity (Wildman–Crippen MR) is 57.8 cm³/mol. The van der Waals surface area contributed by atoms with Gasteiger partial charge in [0.1, 0.15) is 6.61 Å². The summed E-state index contributed by atoms with van der Waals surface area (Å²) in [6, 6.07) is 0. The second-order valence-electron chi connectivity index (χ2n) is 3.36. The monoisotopic (exact) mass is 268 g/mol. The Balaban J connectivity index is 2.22. The van der Waals surface area contributed by atoms with Crippen LogP contribution in [0.5, 0.6) is 0 Å². The van der Waals surface area contributed by atoms with Crippen molar-refractivity contribution >= 4 is 16.2 Å². The van der Waals surface area contributed by atoms with Gasteiger partial charge in [0.2, 0.25) is 0 Å². The van der Waals surface area contributed by atoms with Gasteiger partial charge in [0, 0.05) is 19.6 Å². The van der Waals surface area contributed by atoms with E-state index < -0.39 is 22.8 Å². The minimum absolute atomic E-state index is 0.0237. The first-order valence-electron chi connectivity index (χ1n) is 5.14. The Morgan fingerprint density at radius 3 is 2.65 bits per heavy atom. The molecule has 1 fully saturated rings. The average Bonchev–Trinajstić information content (AvgIpc) is 2.29. The molecule has 0 amide bonds. The molecule has 8 nitrogen and oxygen atoms in total. The van der Waals surface area contributed by atoms with E-state index in [4.69, 9.17) is 14.6 Å². The van der Waals surface area contributed by atoms with Crippen molar-refractivity contribution < 1.29 is 27.8 Å². The summed E-state index contributed by atoms with van der Waals surface area (Å²) in [5.41, 5.74) is 0. The normalized spacial score (nSPS) is 18.1. The molecule has 0 bridgehead atoms. The van der Waals surface area contributed by atoms with Crippen LogP contribution in [0.25, 0.3) is 0 Å². The average molecular weight is 268 g/mol. The lowest BCUT2D eigenvalue weighted by molar-refractivity contribution is -0.142. The number of morpholine rings is 1. The molecule has 0 atom stereocenters. The number of carboxylic acid groups (broad SMARTS) is 1. The molecule has 2 N–H and O–H groups in total. The summed E-state index contributed by atoms with van der Waals surface area (Å²) in [7, 11) is -3.51. The zero-order chi connectivity index (χ0) is 12.7. The van der Waals surface area contributed by atoms with Crippen LogP contribution in [0, 0.1) is 0 Å². The predicted octanol–water partition coefficient (Wildman–Crippen LogP) is -1.75. The zero-order valence-corrected chi connectivity index (χ0v) is 10.1. The van der Waals surface area contributed by atoms with Gasteiger partial charge >= 0.3 is 5.97 Å². The summed E-state index contributed by atoms with van der Waals surface area (Å²) in [6.45, 7) is 1.06. The maximum absolute atomic E-state index is 11.7. The molecule has 0 aromatic heterocycles. The molecule has 100 valence electrons. The van der Waals surface area contributed by atoms with Gasteiger partial charge in [-0.2, -0.15) is 17.4 Å². The Kier molecular flexibility index (Phi) is 5.78. The summed E-state index contributed by atoms with van der Waals surface area (Å²) in [5, 5.41) is 8.29. The quantitative estimate of drug-likeness (QED) is 0.531. The highest BCUT2D eigenvalue weighted by molar-refractivity contribution is 7.87. The first kappa shape index (κ1) is 14.3. The van der Waals surface area contributed by atoms with Crippen LogP contribution in [0.2, 0.25) is 0 Å². The van der Waals surface area contributed by atoms with E-state index in [0.29, 0.717) is 26.3 Å². The number of aliphatic carboxylic acids is 1. The van der Waals surface area contributed by atoms with Crippen LogP contribution < -0.4 is 4.72 Å². The molecule has 1 aliphatic rings. The zero-order valence-electron chi connectivity index (χ0n) is 9.29. The van der Waals surface area contributed by atoms with Crippen LogP contribution >= 0.6 is 0 Å². The van der Waals surface area contributed by atoms with Crippen molar-refractivity contribution in [2.45, 2.75) is 0 Å². The largest absolute Gasteiger partial charge is 0.480 e. The second kappa shape index (κ2) is 6.87. The topological polar surface area (TPSA) is 105 Å². The lowest BCUT2D eigenvalue weighted by Crippen LogP contribution is -2.47. The molecule has 1 saturated heterocycles. The molecule has 0 unspecified atom stereocenters. The number of nitrogens with one attached hydrogen (secondary N) is 1. The summed E-state index contributed by atoms with van der Waals surface area (Å²) < 4.78 is 36.7. The molecule has 0 spiro atoms. The van der Waals surface area contributed by atoms with Crippen molar-refractivity contribution in [3.63, 3.8) is 0 Å². The number of carbonyl (C=O) groups is 1. The van der Waals surface area contributed by atoms with Crippen molar-refractivity contribution in [3.8, 4) is 0 Å². The Labute approximate surface area is 99.7 Å². The Morgan fingerprint density at radius 1 is 1.41 bits per heavy atom. The van der Waals surface area contributed by atoms with Gasteiger partial charge in [0.15, 0.2) is 0 Å². The number of nitrogens with zero attached hydrogens (tertiary/aromatic N) is 1. The van der Waals surface area contributed by atoms with E-state index in [1.807, 2.05) is 0 Å². The van der Waals surface area contributed by atoms with Crippen molar-refractivity contribution in [2.75, 3.05) is 46.1 Å². The molecule has 0 saturated carbocycles. The second-order valence-corrected chi connectivity index (χ2v) is 5.11. The Hall–Kier alpha value is -0.740. The summed E-state index contributed by atoms with van der Waals surface area (Å²) in [4.78, 5) is 10.1. The third kappa shape index (κ3) is 5.41. The highest BCUT2D eigenvalue weighted by atomic mass is 32.2. The van der Waals surface area contributed by atoms with Crippen LogP contribution in [0.1, 0.15) is 0 Å². The first-order valence-corrected chi connectivity index (χ1v) is 6.58. The minimum atomic E-state index is -3.51. The van der Waals surface area contributed by atoms with E-state index in [1.165, 1.54) is 4.31 Å². The van der Waals surface area contributed by atoms with Crippen LogP contribution in [-0.4, -0.2) is 69.9 Å². The standard InChI is InChI=1S/C8H16N2O6S/c11-8(12)7-16-4-1-9-17(13,14)10-2-5-15-6-3-10/h9H,1-7H2,(H,11,12). The summed E-state index contributed by atoms with van der Waals surface area (Å²) in [5.74, 6) is -1.08. The number of hydrogen-bond acceptors (Lipinski definition) is 5. The third-order valence-corrected chi connectivity index (χ3v) is 3.68. The van der Waals surface area contributed by atoms with E-state index in [2.05, 4.69) is 4.72 Å².